The van der Waals surface area contributed by atoms with E-state index in [9.17, 15) is 4.79 Å². The molecule has 1 N–H and O–H groups in total. The fraction of sp³-hybridized carbons (Fsp3) is 0.462. The van der Waals surface area contributed by atoms with Crippen LogP contribution in [0.3, 0.4) is 0 Å². The van der Waals surface area contributed by atoms with Gasteiger partial charge >= 0.3 is 0 Å². The van der Waals surface area contributed by atoms with Crippen molar-refractivity contribution < 1.29 is 4.79 Å². The number of nitrogens with zero attached hydrogens (tertiary/aromatic N) is 3. The van der Waals surface area contributed by atoms with Gasteiger partial charge in [-0.05, 0) is 25.1 Å². The van der Waals surface area contributed by atoms with Crippen LogP contribution in [0.15, 0.2) is 18.3 Å². The first-order valence-electron chi connectivity index (χ1n) is 6.09. The highest BCUT2D eigenvalue weighted by molar-refractivity contribution is 5.90. The molecule has 92 valence electrons. The molecule has 0 aliphatic carbocycles. The van der Waals surface area contributed by atoms with Crippen LogP contribution in [0.2, 0.25) is 0 Å². The van der Waals surface area contributed by atoms with Crippen molar-refractivity contribution in [2.75, 3.05) is 31.1 Å². The number of nitrogens with one attached hydrogen (secondary N) is 1. The number of piperidine rings is 1. The van der Waals surface area contributed by atoms with Crippen LogP contribution in [-0.4, -0.2) is 36.9 Å². The van der Waals surface area contributed by atoms with Crippen molar-refractivity contribution in [1.82, 2.24) is 10.3 Å². The molecule has 3 rings (SSSR count). The van der Waals surface area contributed by atoms with Gasteiger partial charge in [0.15, 0.2) is 5.78 Å². The second kappa shape index (κ2) is 4.07. The molecule has 1 aromatic rings. The van der Waals surface area contributed by atoms with Crippen LogP contribution in [0, 0.1) is 16.7 Å². The maximum atomic E-state index is 11.9. The Bertz CT molecular complexity index is 511. The monoisotopic (exact) mass is 242 g/mol. The van der Waals surface area contributed by atoms with Gasteiger partial charge in [0.25, 0.3) is 0 Å². The van der Waals surface area contributed by atoms with E-state index in [1.807, 2.05) is 12.1 Å². The van der Waals surface area contributed by atoms with E-state index in [0.717, 1.165) is 31.9 Å². The molecule has 5 heteroatoms. The van der Waals surface area contributed by atoms with E-state index in [1.54, 1.807) is 12.3 Å². The van der Waals surface area contributed by atoms with E-state index in [2.05, 4.69) is 15.2 Å². The van der Waals surface area contributed by atoms with Crippen LogP contribution in [0.25, 0.3) is 0 Å². The summed E-state index contributed by atoms with van der Waals surface area (Å²) < 4.78 is 0. The topological polar surface area (TPSA) is 69.0 Å². The molecular weight excluding hydrogens is 228 g/mol. The molecule has 0 saturated carbocycles. The molecule has 0 unspecified atom stereocenters. The molecule has 0 bridgehead atoms. The van der Waals surface area contributed by atoms with Crippen LogP contribution in [-0.2, 0) is 4.79 Å². The third-order valence-corrected chi connectivity index (χ3v) is 3.85. The lowest BCUT2D eigenvalue weighted by atomic mass is 9.71. The fourth-order valence-electron chi connectivity index (χ4n) is 2.68. The molecule has 18 heavy (non-hydrogen) atoms. The Morgan fingerprint density at radius 1 is 1.44 bits per heavy atom. The highest BCUT2D eigenvalue weighted by atomic mass is 16.1. The predicted molar refractivity (Wildman–Crippen MR) is 66.1 cm³/mol. The molecule has 1 spiro atoms. The highest BCUT2D eigenvalue weighted by Gasteiger charge is 2.49. The zero-order valence-electron chi connectivity index (χ0n) is 10.0. The number of pyridine rings is 1. The normalized spacial score (nSPS) is 21.5. The minimum atomic E-state index is -0.152. The lowest BCUT2D eigenvalue weighted by Crippen LogP contribution is -2.65. The van der Waals surface area contributed by atoms with E-state index in [0.29, 0.717) is 17.9 Å². The molecule has 2 fully saturated rings. The number of hydrogen-bond acceptors (Lipinski definition) is 5. The van der Waals surface area contributed by atoms with E-state index >= 15 is 0 Å². The van der Waals surface area contributed by atoms with Crippen LogP contribution in [0.5, 0.6) is 0 Å². The lowest BCUT2D eigenvalue weighted by molar-refractivity contribution is -0.131. The van der Waals surface area contributed by atoms with Crippen LogP contribution < -0.4 is 10.2 Å². The minimum absolute atomic E-state index is 0.152. The summed E-state index contributed by atoms with van der Waals surface area (Å²) >= 11 is 0. The molecule has 2 saturated heterocycles. The Hall–Kier alpha value is -1.93. The van der Waals surface area contributed by atoms with Gasteiger partial charge in [-0.2, -0.15) is 5.26 Å². The Balaban J connectivity index is 1.71. The molecule has 2 aliphatic heterocycles. The molecule has 3 heterocycles. The van der Waals surface area contributed by atoms with Crippen LogP contribution in [0.4, 0.5) is 5.82 Å². The highest BCUT2D eigenvalue weighted by Crippen LogP contribution is 2.38. The summed E-state index contributed by atoms with van der Waals surface area (Å²) in [5.41, 5.74) is 0.410. The number of hydrogen-bond donors (Lipinski definition) is 1. The smallest absolute Gasteiger partial charge is 0.156 e. The molecule has 0 radical (unpaired) electrons. The van der Waals surface area contributed by atoms with Crippen molar-refractivity contribution >= 4 is 11.6 Å². The zero-order chi connectivity index (χ0) is 12.6. The summed E-state index contributed by atoms with van der Waals surface area (Å²) in [6, 6.07) is 5.66. The van der Waals surface area contributed by atoms with Gasteiger partial charge in [0.2, 0.25) is 0 Å². The SMILES string of the molecule is N#Cc1ccc(N2CC3(CCNCC3=O)C2)nc1. The largest absolute Gasteiger partial charge is 0.354 e. The van der Waals surface area contributed by atoms with E-state index in [-0.39, 0.29) is 5.41 Å². The summed E-state index contributed by atoms with van der Waals surface area (Å²) in [7, 11) is 0. The van der Waals surface area contributed by atoms with Crippen molar-refractivity contribution in [3.8, 4) is 6.07 Å². The average Bonchev–Trinajstić information content (AvgIpc) is 2.37. The maximum absolute atomic E-state index is 11.9. The molecule has 1 aromatic heterocycles. The Labute approximate surface area is 105 Å². The van der Waals surface area contributed by atoms with Gasteiger partial charge in [0, 0.05) is 19.3 Å². The van der Waals surface area contributed by atoms with Gasteiger partial charge in [-0.15, -0.1) is 0 Å². The van der Waals surface area contributed by atoms with Gasteiger partial charge in [-0.25, -0.2) is 4.98 Å². The molecule has 5 nitrogen and oxygen atoms in total. The van der Waals surface area contributed by atoms with Crippen molar-refractivity contribution in [1.29, 1.82) is 5.26 Å². The molecule has 0 atom stereocenters. The number of Topliss-reactive ketones (excluding diaryl/α,β-unsaturated/α-hetero) is 1. The van der Waals surface area contributed by atoms with E-state index in [4.69, 9.17) is 5.26 Å². The van der Waals surface area contributed by atoms with Crippen LogP contribution in [0.1, 0.15) is 12.0 Å². The summed E-state index contributed by atoms with van der Waals surface area (Å²) in [5.74, 6) is 1.17. The molecule has 0 aromatic carbocycles. The zero-order valence-corrected chi connectivity index (χ0v) is 10.0. The van der Waals surface area contributed by atoms with Crippen molar-refractivity contribution in [3.63, 3.8) is 0 Å². The first-order valence-corrected chi connectivity index (χ1v) is 6.09. The Morgan fingerprint density at radius 2 is 2.28 bits per heavy atom. The van der Waals surface area contributed by atoms with Gasteiger partial charge in [0.1, 0.15) is 11.9 Å². The van der Waals surface area contributed by atoms with E-state index in [1.165, 1.54) is 0 Å². The number of ketones is 1. The summed E-state index contributed by atoms with van der Waals surface area (Å²) in [5, 5.41) is 11.8. The van der Waals surface area contributed by atoms with Crippen molar-refractivity contribution in [2.45, 2.75) is 6.42 Å². The predicted octanol–water partition coefficient (Wildman–Crippen LogP) is 0.322. The summed E-state index contributed by atoms with van der Waals surface area (Å²) in [6.45, 7) is 2.92. The van der Waals surface area contributed by atoms with Gasteiger partial charge in [-0.1, -0.05) is 0 Å². The Morgan fingerprint density at radius 3 is 2.89 bits per heavy atom. The summed E-state index contributed by atoms with van der Waals surface area (Å²) in [4.78, 5) is 18.3. The maximum Gasteiger partial charge on any atom is 0.156 e. The van der Waals surface area contributed by atoms with Crippen molar-refractivity contribution in [3.05, 3.63) is 23.9 Å². The lowest BCUT2D eigenvalue weighted by Gasteiger charge is -2.51. The third kappa shape index (κ3) is 1.66. The number of aromatic nitrogens is 1. The third-order valence-electron chi connectivity index (χ3n) is 3.85. The quantitative estimate of drug-likeness (QED) is 0.768. The second-order valence-electron chi connectivity index (χ2n) is 5.00. The first kappa shape index (κ1) is 11.2. The number of anilines is 1. The Kier molecular flexibility index (Phi) is 2.53. The van der Waals surface area contributed by atoms with Gasteiger partial charge in [-0.3, -0.25) is 4.79 Å². The second-order valence-corrected chi connectivity index (χ2v) is 5.00. The van der Waals surface area contributed by atoms with Crippen LogP contribution >= 0.6 is 0 Å². The number of nitriles is 1. The van der Waals surface area contributed by atoms with E-state index < -0.39 is 0 Å². The van der Waals surface area contributed by atoms with Gasteiger partial charge < -0.3 is 10.2 Å². The summed E-state index contributed by atoms with van der Waals surface area (Å²) in [6.07, 6.45) is 2.49. The first-order chi connectivity index (χ1) is 8.73. The van der Waals surface area contributed by atoms with Crippen molar-refractivity contribution in [2.24, 2.45) is 5.41 Å². The molecule has 2 aliphatic rings. The number of carbonyl (C=O) groups is 1. The number of rotatable bonds is 1. The van der Waals surface area contributed by atoms with Gasteiger partial charge in [0.05, 0.1) is 17.5 Å². The molecular formula is C13H14N4O. The minimum Gasteiger partial charge on any atom is -0.354 e. The standard InChI is InChI=1S/C13H14N4O/c14-5-10-1-2-12(16-6-10)17-8-13(9-17)3-4-15-7-11(13)18/h1-2,6,15H,3-4,7-9H2. The average molecular weight is 242 g/mol. The molecule has 0 amide bonds. The fourth-order valence-corrected chi connectivity index (χ4v) is 2.68. The number of carbonyl (C=O) groups excluding carboxylic acids is 1.